The summed E-state index contributed by atoms with van der Waals surface area (Å²) >= 11 is 0. The molecular formula is C12H17N3O4. The number of aromatic amines is 1. The van der Waals surface area contributed by atoms with E-state index in [4.69, 9.17) is 4.74 Å². The number of ether oxygens (including phenoxy) is 1. The molecule has 0 saturated heterocycles. The predicted octanol–water partition coefficient (Wildman–Crippen LogP) is -0.790. The molecule has 0 saturated carbocycles. The maximum Gasteiger partial charge on any atom is 0.255 e. The molecule has 0 unspecified atom stereocenters. The molecule has 0 bridgehead atoms. The number of aromatic nitrogens is 1. The van der Waals surface area contributed by atoms with Gasteiger partial charge in [0.15, 0.2) is 0 Å². The Hall–Kier alpha value is -2.15. The number of nitrogens with zero attached hydrogens (tertiary/aromatic N) is 1. The fourth-order valence-corrected chi connectivity index (χ4v) is 1.40. The molecule has 0 atom stereocenters. The van der Waals surface area contributed by atoms with Crippen molar-refractivity contribution in [2.24, 2.45) is 0 Å². The Morgan fingerprint density at radius 2 is 2.16 bits per heavy atom. The Morgan fingerprint density at radius 1 is 1.42 bits per heavy atom. The van der Waals surface area contributed by atoms with E-state index in [-0.39, 0.29) is 23.9 Å². The van der Waals surface area contributed by atoms with E-state index in [1.54, 1.807) is 0 Å². The van der Waals surface area contributed by atoms with Crippen molar-refractivity contribution in [3.63, 3.8) is 0 Å². The van der Waals surface area contributed by atoms with Gasteiger partial charge in [0.2, 0.25) is 11.5 Å². The van der Waals surface area contributed by atoms with Crippen LogP contribution >= 0.6 is 0 Å². The third-order valence-electron chi connectivity index (χ3n) is 2.39. The number of methoxy groups -OCH3 is 1. The van der Waals surface area contributed by atoms with E-state index >= 15 is 0 Å². The smallest absolute Gasteiger partial charge is 0.255 e. The normalized spacial score (nSPS) is 10.0. The lowest BCUT2D eigenvalue weighted by atomic mass is 10.2. The Bertz CT molecular complexity index is 477. The fraction of sp³-hybridized carbons (Fsp3) is 0.417. The highest BCUT2D eigenvalue weighted by atomic mass is 16.5. The average molecular weight is 267 g/mol. The van der Waals surface area contributed by atoms with Crippen LogP contribution in [0.2, 0.25) is 0 Å². The molecule has 0 spiro atoms. The minimum atomic E-state index is -0.335. The van der Waals surface area contributed by atoms with Gasteiger partial charge in [-0.3, -0.25) is 14.4 Å². The molecule has 0 aliphatic heterocycles. The highest BCUT2D eigenvalue weighted by Gasteiger charge is 2.14. The van der Waals surface area contributed by atoms with Gasteiger partial charge in [0, 0.05) is 33.0 Å². The van der Waals surface area contributed by atoms with Crippen molar-refractivity contribution < 1.29 is 14.3 Å². The van der Waals surface area contributed by atoms with Crippen LogP contribution in [0.3, 0.4) is 0 Å². The number of carbonyl (C=O) groups excluding carboxylic acids is 2. The zero-order chi connectivity index (χ0) is 14.3. The third kappa shape index (κ3) is 4.92. The minimum absolute atomic E-state index is 0.0539. The van der Waals surface area contributed by atoms with Crippen LogP contribution in [0.15, 0.2) is 23.1 Å². The van der Waals surface area contributed by atoms with Crippen LogP contribution in [0.1, 0.15) is 10.4 Å². The number of likely N-dealkylation sites (N-methyl/N-ethyl adjacent to an activating group) is 1. The predicted molar refractivity (Wildman–Crippen MR) is 68.9 cm³/mol. The molecule has 0 fully saturated rings. The largest absolute Gasteiger partial charge is 0.383 e. The van der Waals surface area contributed by atoms with Gasteiger partial charge in [-0.15, -0.1) is 0 Å². The lowest BCUT2D eigenvalue weighted by Crippen LogP contribution is -2.39. The molecule has 104 valence electrons. The van der Waals surface area contributed by atoms with Crippen molar-refractivity contribution in [1.29, 1.82) is 0 Å². The number of nitrogens with one attached hydrogen (secondary N) is 2. The van der Waals surface area contributed by atoms with Crippen molar-refractivity contribution in [1.82, 2.24) is 15.2 Å². The molecule has 1 heterocycles. The summed E-state index contributed by atoms with van der Waals surface area (Å²) in [5.74, 6) is -0.601. The summed E-state index contributed by atoms with van der Waals surface area (Å²) in [6.07, 6.45) is 1.32. The van der Waals surface area contributed by atoms with Crippen LogP contribution in [0.5, 0.6) is 0 Å². The summed E-state index contributed by atoms with van der Waals surface area (Å²) in [7, 11) is 3.06. The van der Waals surface area contributed by atoms with Gasteiger partial charge in [0.1, 0.15) is 0 Å². The number of carbonyl (C=O) groups is 2. The van der Waals surface area contributed by atoms with E-state index < -0.39 is 0 Å². The van der Waals surface area contributed by atoms with Crippen LogP contribution in [0.4, 0.5) is 0 Å². The number of H-pyrrole nitrogens is 1. The van der Waals surface area contributed by atoms with Gasteiger partial charge in [-0.2, -0.15) is 0 Å². The zero-order valence-electron chi connectivity index (χ0n) is 10.9. The Kier molecular flexibility index (Phi) is 5.74. The molecule has 1 aromatic heterocycles. The second kappa shape index (κ2) is 7.32. The fourth-order valence-electron chi connectivity index (χ4n) is 1.40. The summed E-state index contributed by atoms with van der Waals surface area (Å²) in [6, 6.07) is 2.68. The highest BCUT2D eigenvalue weighted by Crippen LogP contribution is 1.99. The highest BCUT2D eigenvalue weighted by molar-refractivity contribution is 5.96. The maximum atomic E-state index is 11.9. The van der Waals surface area contributed by atoms with Gasteiger partial charge in [-0.1, -0.05) is 0 Å². The molecule has 7 heteroatoms. The molecule has 1 rings (SSSR count). The monoisotopic (exact) mass is 267 g/mol. The first-order valence-corrected chi connectivity index (χ1v) is 5.74. The van der Waals surface area contributed by atoms with Crippen LogP contribution in [0.25, 0.3) is 0 Å². The molecule has 19 heavy (non-hydrogen) atoms. The first kappa shape index (κ1) is 14.9. The molecular weight excluding hydrogens is 250 g/mol. The van der Waals surface area contributed by atoms with Gasteiger partial charge in [0.25, 0.3) is 5.91 Å². The van der Waals surface area contributed by atoms with Crippen molar-refractivity contribution in [3.8, 4) is 0 Å². The topological polar surface area (TPSA) is 91.5 Å². The van der Waals surface area contributed by atoms with Gasteiger partial charge >= 0.3 is 0 Å². The van der Waals surface area contributed by atoms with E-state index in [1.807, 2.05) is 0 Å². The average Bonchev–Trinajstić information content (AvgIpc) is 2.39. The lowest BCUT2D eigenvalue weighted by Gasteiger charge is -2.16. The third-order valence-corrected chi connectivity index (χ3v) is 2.39. The Balaban J connectivity index is 2.50. The van der Waals surface area contributed by atoms with E-state index in [0.29, 0.717) is 18.7 Å². The SMILES string of the molecule is COCCNC(=O)CN(C)C(=O)c1ccc(=O)[nH]c1. The number of hydrogen-bond donors (Lipinski definition) is 2. The minimum Gasteiger partial charge on any atom is -0.383 e. The molecule has 7 nitrogen and oxygen atoms in total. The standard InChI is InChI=1S/C12H17N3O4/c1-15(8-11(17)13-5-6-19-2)12(18)9-3-4-10(16)14-7-9/h3-4,7H,5-6,8H2,1-2H3,(H,13,17)(H,14,16). The number of amides is 2. The van der Waals surface area contributed by atoms with Crippen LogP contribution in [-0.2, 0) is 9.53 Å². The first-order chi connectivity index (χ1) is 9.04. The summed E-state index contributed by atoms with van der Waals surface area (Å²) in [4.78, 5) is 38.0. The molecule has 0 radical (unpaired) electrons. The number of rotatable bonds is 6. The molecule has 0 aliphatic carbocycles. The van der Waals surface area contributed by atoms with E-state index in [2.05, 4.69) is 10.3 Å². The quantitative estimate of drug-likeness (QED) is 0.661. The summed E-state index contributed by atoms with van der Waals surface area (Å²) < 4.78 is 4.80. The first-order valence-electron chi connectivity index (χ1n) is 5.74. The van der Waals surface area contributed by atoms with Gasteiger partial charge < -0.3 is 19.9 Å². The number of hydrogen-bond acceptors (Lipinski definition) is 4. The maximum absolute atomic E-state index is 11.9. The second-order valence-electron chi connectivity index (χ2n) is 3.95. The van der Waals surface area contributed by atoms with Crippen molar-refractivity contribution in [2.75, 3.05) is 33.9 Å². The lowest BCUT2D eigenvalue weighted by molar-refractivity contribution is -0.121. The van der Waals surface area contributed by atoms with Gasteiger partial charge in [-0.25, -0.2) is 0 Å². The molecule has 1 aromatic rings. The van der Waals surface area contributed by atoms with E-state index in [1.165, 1.54) is 37.4 Å². The Labute approximate surface area is 110 Å². The summed E-state index contributed by atoms with van der Waals surface area (Å²) in [5, 5.41) is 2.61. The summed E-state index contributed by atoms with van der Waals surface area (Å²) in [6.45, 7) is 0.765. The van der Waals surface area contributed by atoms with Crippen molar-refractivity contribution in [2.45, 2.75) is 0 Å². The van der Waals surface area contributed by atoms with Crippen LogP contribution in [0, 0.1) is 0 Å². The summed E-state index contributed by atoms with van der Waals surface area (Å²) in [5.41, 5.74) is 0.0447. The van der Waals surface area contributed by atoms with Gasteiger partial charge in [-0.05, 0) is 6.07 Å². The van der Waals surface area contributed by atoms with Crippen LogP contribution < -0.4 is 10.9 Å². The Morgan fingerprint density at radius 3 is 2.74 bits per heavy atom. The molecule has 2 N–H and O–H groups in total. The van der Waals surface area contributed by atoms with Crippen molar-refractivity contribution in [3.05, 3.63) is 34.2 Å². The van der Waals surface area contributed by atoms with Crippen LogP contribution in [-0.4, -0.2) is 55.6 Å². The van der Waals surface area contributed by atoms with E-state index in [9.17, 15) is 14.4 Å². The molecule has 2 amide bonds. The molecule has 0 aromatic carbocycles. The van der Waals surface area contributed by atoms with Gasteiger partial charge in [0.05, 0.1) is 18.7 Å². The van der Waals surface area contributed by atoms with E-state index in [0.717, 1.165) is 0 Å². The van der Waals surface area contributed by atoms with Crippen molar-refractivity contribution >= 4 is 11.8 Å². The number of pyridine rings is 1. The second-order valence-corrected chi connectivity index (χ2v) is 3.95. The zero-order valence-corrected chi connectivity index (χ0v) is 10.9. The molecule has 0 aliphatic rings.